The molecule has 0 radical (unpaired) electrons. The van der Waals surface area contributed by atoms with Crippen LogP contribution in [0, 0.1) is 20.2 Å². The highest BCUT2D eigenvalue weighted by Crippen LogP contribution is 2.38. The van der Waals surface area contributed by atoms with Crippen molar-refractivity contribution in [3.8, 4) is 0 Å². The Hall–Kier alpha value is -4.01. The maximum atomic E-state index is 11.4. The van der Waals surface area contributed by atoms with E-state index in [1.807, 2.05) is 18.2 Å². The minimum Gasteiger partial charge on any atom is -0.350 e. The van der Waals surface area contributed by atoms with Gasteiger partial charge < -0.3 is 10.6 Å². The Labute approximate surface area is 154 Å². The van der Waals surface area contributed by atoms with E-state index >= 15 is 0 Å². The molecule has 1 aliphatic rings. The van der Waals surface area contributed by atoms with Crippen molar-refractivity contribution < 1.29 is 9.85 Å². The zero-order chi connectivity index (χ0) is 19.2. The number of hydrogen-bond acceptors (Lipinski definition) is 7. The first kappa shape index (κ1) is 17.8. The molecule has 27 heavy (non-hydrogen) atoms. The topological polar surface area (TPSA) is 123 Å². The van der Waals surface area contributed by atoms with E-state index in [9.17, 15) is 20.2 Å². The van der Waals surface area contributed by atoms with E-state index in [0.29, 0.717) is 17.8 Å². The molecule has 0 spiro atoms. The Bertz CT molecular complexity index is 967. The number of nitrogens with zero attached hydrogens (tertiary/aromatic N) is 3. The number of allylic oxidation sites excluding steroid dienone is 3. The number of para-hydroxylation sites is 1. The molecule has 9 heteroatoms. The molecule has 3 rings (SSSR count). The van der Waals surface area contributed by atoms with Crippen LogP contribution in [0.3, 0.4) is 0 Å². The number of hydrogen-bond donors (Lipinski definition) is 2. The molecule has 2 aromatic carbocycles. The highest BCUT2D eigenvalue weighted by atomic mass is 16.6. The van der Waals surface area contributed by atoms with Crippen molar-refractivity contribution in [2.24, 2.45) is 4.99 Å². The van der Waals surface area contributed by atoms with Crippen LogP contribution < -0.4 is 10.6 Å². The van der Waals surface area contributed by atoms with Gasteiger partial charge in [-0.3, -0.25) is 25.2 Å². The molecule has 2 N–H and O–H groups in total. The lowest BCUT2D eigenvalue weighted by Gasteiger charge is -2.12. The molecule has 136 valence electrons. The van der Waals surface area contributed by atoms with Crippen molar-refractivity contribution in [1.82, 2.24) is 0 Å². The average molecular weight is 365 g/mol. The van der Waals surface area contributed by atoms with Crippen LogP contribution in [-0.4, -0.2) is 16.1 Å². The van der Waals surface area contributed by atoms with Gasteiger partial charge in [-0.25, -0.2) is 0 Å². The Morgan fingerprint density at radius 3 is 2.26 bits per heavy atom. The number of benzene rings is 2. The van der Waals surface area contributed by atoms with Crippen molar-refractivity contribution >= 4 is 34.7 Å². The summed E-state index contributed by atoms with van der Waals surface area (Å²) in [7, 11) is 0. The lowest BCUT2D eigenvalue weighted by atomic mass is 10.2. The molecule has 0 saturated heterocycles. The van der Waals surface area contributed by atoms with E-state index in [-0.39, 0.29) is 17.1 Å². The Morgan fingerprint density at radius 2 is 1.59 bits per heavy atom. The third kappa shape index (κ3) is 4.34. The normalized spacial score (nSPS) is 12.8. The second-order valence-electron chi connectivity index (χ2n) is 5.57. The first-order chi connectivity index (χ1) is 13.0. The molecule has 0 fully saturated rings. The lowest BCUT2D eigenvalue weighted by molar-refractivity contribution is -0.393. The molecule has 0 aliphatic carbocycles. The SMILES string of the molecule is O=[N+]([O-])c1cc([N+](=O)[O-])c(Nc2ccccc2)cc1NC1=CCC=CN=C1. The fourth-order valence-corrected chi connectivity index (χ4v) is 2.49. The van der Waals surface area contributed by atoms with Crippen LogP contribution in [0.2, 0.25) is 0 Å². The van der Waals surface area contributed by atoms with E-state index in [2.05, 4.69) is 15.6 Å². The van der Waals surface area contributed by atoms with Gasteiger partial charge in [0.25, 0.3) is 11.4 Å². The van der Waals surface area contributed by atoms with Gasteiger partial charge in [0.05, 0.1) is 21.6 Å². The number of nitro groups is 2. The van der Waals surface area contributed by atoms with E-state index in [1.54, 1.807) is 30.5 Å². The molecular formula is C18H15N5O4. The van der Waals surface area contributed by atoms with Crippen LogP contribution in [0.1, 0.15) is 6.42 Å². The first-order valence-corrected chi connectivity index (χ1v) is 7.99. The molecule has 9 nitrogen and oxygen atoms in total. The predicted octanol–water partition coefficient (Wildman–Crippen LogP) is 4.53. The molecule has 1 aliphatic heterocycles. The number of aliphatic imine (C=N–C) groups is 1. The van der Waals surface area contributed by atoms with Gasteiger partial charge in [0.2, 0.25) is 0 Å². The van der Waals surface area contributed by atoms with Crippen molar-refractivity contribution in [2.75, 3.05) is 10.6 Å². The van der Waals surface area contributed by atoms with Gasteiger partial charge in [-0.2, -0.15) is 0 Å². The molecule has 2 aromatic rings. The summed E-state index contributed by atoms with van der Waals surface area (Å²) < 4.78 is 0. The van der Waals surface area contributed by atoms with Crippen molar-refractivity contribution in [3.05, 3.63) is 86.7 Å². The Morgan fingerprint density at radius 1 is 0.926 bits per heavy atom. The van der Waals surface area contributed by atoms with Crippen LogP contribution in [0.15, 0.2) is 71.5 Å². The standard InChI is InChI=1S/C18H15N5O4/c24-22(25)17-11-18(23(26)27)16(21-14-8-4-5-9-19-12-14)10-15(17)20-13-6-2-1-3-7-13/h1-3,5-12,20-21H,4H2. The summed E-state index contributed by atoms with van der Waals surface area (Å²) in [6.45, 7) is 0. The number of nitrogens with one attached hydrogen (secondary N) is 2. The fraction of sp³-hybridized carbons (Fsp3) is 0.0556. The summed E-state index contributed by atoms with van der Waals surface area (Å²) >= 11 is 0. The molecule has 1 heterocycles. The summed E-state index contributed by atoms with van der Waals surface area (Å²) in [5, 5.41) is 28.7. The zero-order valence-electron chi connectivity index (χ0n) is 14.0. The van der Waals surface area contributed by atoms with E-state index in [1.165, 1.54) is 12.3 Å². The van der Waals surface area contributed by atoms with Crippen molar-refractivity contribution in [2.45, 2.75) is 6.42 Å². The van der Waals surface area contributed by atoms with Crippen molar-refractivity contribution in [1.29, 1.82) is 0 Å². The van der Waals surface area contributed by atoms with Gasteiger partial charge >= 0.3 is 0 Å². The summed E-state index contributed by atoms with van der Waals surface area (Å²) in [5.41, 5.74) is 0.669. The predicted molar refractivity (Wildman–Crippen MR) is 103 cm³/mol. The molecule has 0 unspecified atom stereocenters. The highest BCUT2D eigenvalue weighted by molar-refractivity contribution is 5.88. The van der Waals surface area contributed by atoms with E-state index < -0.39 is 15.5 Å². The van der Waals surface area contributed by atoms with E-state index in [4.69, 9.17) is 0 Å². The van der Waals surface area contributed by atoms with Crippen LogP contribution in [0.4, 0.5) is 28.4 Å². The third-order valence-electron chi connectivity index (χ3n) is 3.72. The summed E-state index contributed by atoms with van der Waals surface area (Å²) in [5.74, 6) is 0. The van der Waals surface area contributed by atoms with E-state index in [0.717, 1.165) is 6.07 Å². The van der Waals surface area contributed by atoms with Gasteiger partial charge in [0.15, 0.2) is 0 Å². The maximum Gasteiger partial charge on any atom is 0.299 e. The first-order valence-electron chi connectivity index (χ1n) is 7.99. The minimum atomic E-state index is -0.658. The molecule has 0 bridgehead atoms. The van der Waals surface area contributed by atoms with Crippen LogP contribution in [-0.2, 0) is 0 Å². The fourth-order valence-electron chi connectivity index (χ4n) is 2.49. The molecular weight excluding hydrogens is 350 g/mol. The lowest BCUT2D eigenvalue weighted by Crippen LogP contribution is -2.06. The minimum absolute atomic E-state index is 0.128. The van der Waals surface area contributed by atoms with Gasteiger partial charge in [-0.05, 0) is 24.6 Å². The van der Waals surface area contributed by atoms with Gasteiger partial charge in [0, 0.05) is 18.1 Å². The summed E-state index contributed by atoms with van der Waals surface area (Å²) in [6, 6.07) is 11.1. The van der Waals surface area contributed by atoms with Crippen LogP contribution >= 0.6 is 0 Å². The maximum absolute atomic E-state index is 11.4. The smallest absolute Gasteiger partial charge is 0.299 e. The van der Waals surface area contributed by atoms with Crippen molar-refractivity contribution in [3.63, 3.8) is 0 Å². The van der Waals surface area contributed by atoms with Gasteiger partial charge in [-0.1, -0.05) is 30.4 Å². The highest BCUT2D eigenvalue weighted by Gasteiger charge is 2.25. The van der Waals surface area contributed by atoms with Gasteiger partial charge in [-0.15, -0.1) is 0 Å². The number of nitro benzene ring substituents is 2. The van der Waals surface area contributed by atoms with Crippen LogP contribution in [0.25, 0.3) is 0 Å². The second-order valence-corrected chi connectivity index (χ2v) is 5.57. The summed E-state index contributed by atoms with van der Waals surface area (Å²) in [4.78, 5) is 25.6. The summed E-state index contributed by atoms with van der Waals surface area (Å²) in [6.07, 6.45) is 7.40. The second kappa shape index (κ2) is 7.91. The Balaban J connectivity index is 2.05. The monoisotopic (exact) mass is 365 g/mol. The third-order valence-corrected chi connectivity index (χ3v) is 3.72. The average Bonchev–Trinajstić information content (AvgIpc) is 2.91. The number of rotatable bonds is 6. The quantitative estimate of drug-likeness (QED) is 0.572. The molecule has 0 amide bonds. The molecule has 0 saturated carbocycles. The van der Waals surface area contributed by atoms with Crippen LogP contribution in [0.5, 0.6) is 0 Å². The number of anilines is 3. The Kier molecular flexibility index (Phi) is 5.22. The molecule has 0 aromatic heterocycles. The zero-order valence-corrected chi connectivity index (χ0v) is 14.0. The van der Waals surface area contributed by atoms with Gasteiger partial charge in [0.1, 0.15) is 11.4 Å². The largest absolute Gasteiger partial charge is 0.350 e. The molecule has 0 atom stereocenters.